The van der Waals surface area contributed by atoms with Crippen LogP contribution in [0, 0.1) is 6.92 Å². The van der Waals surface area contributed by atoms with E-state index in [0.29, 0.717) is 0 Å². The molecule has 1 aromatic heterocycles. The molecule has 0 fully saturated rings. The highest BCUT2D eigenvalue weighted by atomic mass is 32.1. The van der Waals surface area contributed by atoms with Crippen LogP contribution >= 0.6 is 11.3 Å². The fourth-order valence-corrected chi connectivity index (χ4v) is 2.72. The molecule has 0 saturated heterocycles. The number of nitrogens with one attached hydrogen (secondary N) is 3. The van der Waals surface area contributed by atoms with E-state index in [1.54, 1.807) is 0 Å². The molecule has 0 radical (unpaired) electrons. The van der Waals surface area contributed by atoms with Gasteiger partial charge in [0.2, 0.25) is 5.91 Å². The Morgan fingerprint density at radius 1 is 1.17 bits per heavy atom. The Bertz CT molecular complexity index is 657. The molecule has 7 heteroatoms. The topological polar surface area (TPSA) is 83.1 Å². The first-order valence-electron chi connectivity index (χ1n) is 7.31. The van der Waals surface area contributed by atoms with Crippen LogP contribution in [0.15, 0.2) is 35.7 Å². The lowest BCUT2D eigenvalue weighted by atomic mass is 10.1. The Labute approximate surface area is 139 Å². The Kier molecular flexibility index (Phi) is 6.25. The quantitative estimate of drug-likeness (QED) is 0.700. The van der Waals surface area contributed by atoms with Crippen LogP contribution in [0.5, 0.6) is 0 Å². The number of nitrogens with zero attached hydrogens (tertiary/aromatic N) is 1. The number of benzene rings is 1. The molecule has 0 aliphatic rings. The summed E-state index contributed by atoms with van der Waals surface area (Å²) in [6.07, 6.45) is 0.159. The van der Waals surface area contributed by atoms with Gasteiger partial charge in [-0.3, -0.25) is 20.4 Å². The molecular weight excluding hydrogens is 312 g/mol. The second kappa shape index (κ2) is 8.40. The number of thiazole rings is 1. The fraction of sp³-hybridized carbons (Fsp3) is 0.312. The van der Waals surface area contributed by atoms with Crippen LogP contribution in [-0.2, 0) is 16.0 Å². The van der Waals surface area contributed by atoms with Crippen molar-refractivity contribution in [3.8, 4) is 0 Å². The molecule has 2 rings (SSSR count). The smallest absolute Gasteiger partial charge is 0.252 e. The molecule has 122 valence electrons. The molecule has 0 unspecified atom stereocenters. The molecule has 1 atom stereocenters. The average molecular weight is 332 g/mol. The van der Waals surface area contributed by atoms with Crippen molar-refractivity contribution < 1.29 is 9.59 Å². The summed E-state index contributed by atoms with van der Waals surface area (Å²) < 4.78 is 0. The SMILES string of the molecule is Cc1csc(CC(=O)NNC(=O)CN[C@@H](C)c2ccccc2)n1. The van der Waals surface area contributed by atoms with Gasteiger partial charge in [0.15, 0.2) is 0 Å². The van der Waals surface area contributed by atoms with E-state index < -0.39 is 0 Å². The molecule has 1 aromatic carbocycles. The normalized spacial score (nSPS) is 11.7. The number of hydrogen-bond acceptors (Lipinski definition) is 5. The Morgan fingerprint density at radius 2 is 1.87 bits per heavy atom. The second-order valence-corrected chi connectivity index (χ2v) is 6.11. The maximum atomic E-state index is 11.7. The van der Waals surface area contributed by atoms with Crippen molar-refractivity contribution in [3.05, 3.63) is 52.0 Å². The molecule has 6 nitrogen and oxygen atoms in total. The first kappa shape index (κ1) is 17.1. The number of carbonyl (C=O) groups excluding carboxylic acids is 2. The minimum absolute atomic E-state index is 0.0518. The summed E-state index contributed by atoms with van der Waals surface area (Å²) in [4.78, 5) is 27.6. The molecular formula is C16H20N4O2S. The van der Waals surface area contributed by atoms with Gasteiger partial charge in [0, 0.05) is 17.1 Å². The van der Waals surface area contributed by atoms with Crippen LogP contribution in [0.3, 0.4) is 0 Å². The maximum Gasteiger partial charge on any atom is 0.252 e. The summed E-state index contributed by atoms with van der Waals surface area (Å²) in [5.74, 6) is -0.583. The third-order valence-corrected chi connectivity index (χ3v) is 4.15. The monoisotopic (exact) mass is 332 g/mol. The first-order chi connectivity index (χ1) is 11.0. The van der Waals surface area contributed by atoms with Crippen LogP contribution in [0.4, 0.5) is 0 Å². The van der Waals surface area contributed by atoms with Crippen LogP contribution in [0.1, 0.15) is 29.2 Å². The van der Waals surface area contributed by atoms with Gasteiger partial charge in [-0.25, -0.2) is 4.98 Å². The molecule has 0 bridgehead atoms. The van der Waals surface area contributed by atoms with Gasteiger partial charge in [-0.2, -0.15) is 0 Å². The van der Waals surface area contributed by atoms with Gasteiger partial charge in [0.25, 0.3) is 5.91 Å². The summed E-state index contributed by atoms with van der Waals surface area (Å²) in [7, 11) is 0. The van der Waals surface area contributed by atoms with E-state index in [1.165, 1.54) is 11.3 Å². The van der Waals surface area contributed by atoms with E-state index in [0.717, 1.165) is 16.3 Å². The zero-order chi connectivity index (χ0) is 16.7. The number of hydrogen-bond donors (Lipinski definition) is 3. The molecule has 0 aliphatic heterocycles. The van der Waals surface area contributed by atoms with E-state index >= 15 is 0 Å². The lowest BCUT2D eigenvalue weighted by Gasteiger charge is -2.14. The van der Waals surface area contributed by atoms with Gasteiger partial charge in [-0.1, -0.05) is 30.3 Å². The number of carbonyl (C=O) groups is 2. The first-order valence-corrected chi connectivity index (χ1v) is 8.19. The third kappa shape index (κ3) is 5.80. The fourth-order valence-electron chi connectivity index (χ4n) is 1.95. The molecule has 0 aliphatic carbocycles. The Morgan fingerprint density at radius 3 is 2.52 bits per heavy atom. The van der Waals surface area contributed by atoms with Gasteiger partial charge >= 0.3 is 0 Å². The number of aryl methyl sites for hydroxylation is 1. The summed E-state index contributed by atoms with van der Waals surface area (Å²) in [6.45, 7) is 3.97. The van der Waals surface area contributed by atoms with Crippen molar-refractivity contribution in [1.29, 1.82) is 0 Å². The van der Waals surface area contributed by atoms with Gasteiger partial charge < -0.3 is 5.32 Å². The number of aromatic nitrogens is 1. The van der Waals surface area contributed by atoms with Crippen LogP contribution < -0.4 is 16.2 Å². The van der Waals surface area contributed by atoms with Crippen molar-refractivity contribution in [2.45, 2.75) is 26.3 Å². The summed E-state index contributed by atoms with van der Waals surface area (Å²) in [5.41, 5.74) is 6.77. The molecule has 2 amide bonds. The van der Waals surface area contributed by atoms with E-state index in [1.807, 2.05) is 49.6 Å². The number of hydrazine groups is 1. The van der Waals surface area contributed by atoms with E-state index in [-0.39, 0.29) is 30.8 Å². The van der Waals surface area contributed by atoms with Crippen LogP contribution in [0.2, 0.25) is 0 Å². The third-order valence-electron chi connectivity index (χ3n) is 3.19. The van der Waals surface area contributed by atoms with E-state index in [2.05, 4.69) is 21.2 Å². The summed E-state index contributed by atoms with van der Waals surface area (Å²) in [6, 6.07) is 9.89. The lowest BCUT2D eigenvalue weighted by Crippen LogP contribution is -2.46. The minimum atomic E-state index is -0.295. The van der Waals surface area contributed by atoms with Crippen molar-refractivity contribution in [2.75, 3.05) is 6.54 Å². The van der Waals surface area contributed by atoms with Crippen molar-refractivity contribution in [3.63, 3.8) is 0 Å². The largest absolute Gasteiger partial charge is 0.302 e. The standard InChI is InChI=1S/C16H20N4O2S/c1-11-10-23-16(18-11)8-14(21)19-20-15(22)9-17-12(2)13-6-4-3-5-7-13/h3-7,10,12,17H,8-9H2,1-2H3,(H,19,21)(H,20,22)/t12-/m0/s1. The van der Waals surface area contributed by atoms with Gasteiger partial charge in [-0.05, 0) is 19.4 Å². The second-order valence-electron chi connectivity index (χ2n) is 5.17. The van der Waals surface area contributed by atoms with Crippen molar-refractivity contribution in [2.24, 2.45) is 0 Å². The summed E-state index contributed by atoms with van der Waals surface area (Å²) >= 11 is 1.43. The van der Waals surface area contributed by atoms with E-state index in [4.69, 9.17) is 0 Å². The predicted molar refractivity (Wildman–Crippen MR) is 89.7 cm³/mol. The minimum Gasteiger partial charge on any atom is -0.302 e. The average Bonchev–Trinajstić information content (AvgIpc) is 2.96. The zero-order valence-corrected chi connectivity index (χ0v) is 13.9. The number of rotatable bonds is 6. The molecule has 3 N–H and O–H groups in total. The maximum absolute atomic E-state index is 11.7. The lowest BCUT2D eigenvalue weighted by molar-refractivity contribution is -0.128. The van der Waals surface area contributed by atoms with Gasteiger partial charge in [-0.15, -0.1) is 11.3 Å². The highest BCUT2D eigenvalue weighted by molar-refractivity contribution is 7.09. The molecule has 0 saturated carbocycles. The molecule has 1 heterocycles. The van der Waals surface area contributed by atoms with Gasteiger partial charge in [0.05, 0.1) is 13.0 Å². The van der Waals surface area contributed by atoms with E-state index in [9.17, 15) is 9.59 Å². The Hall–Kier alpha value is -2.25. The van der Waals surface area contributed by atoms with Gasteiger partial charge in [0.1, 0.15) is 5.01 Å². The molecule has 2 aromatic rings. The van der Waals surface area contributed by atoms with Crippen LogP contribution in [0.25, 0.3) is 0 Å². The highest BCUT2D eigenvalue weighted by Gasteiger charge is 2.10. The van der Waals surface area contributed by atoms with Crippen molar-refractivity contribution >= 4 is 23.2 Å². The van der Waals surface area contributed by atoms with Crippen LogP contribution in [-0.4, -0.2) is 23.3 Å². The summed E-state index contributed by atoms with van der Waals surface area (Å²) in [5, 5.41) is 5.71. The Balaban J connectivity index is 1.67. The molecule has 0 spiro atoms. The zero-order valence-electron chi connectivity index (χ0n) is 13.1. The molecule has 23 heavy (non-hydrogen) atoms. The van der Waals surface area contributed by atoms with Crippen molar-refractivity contribution in [1.82, 2.24) is 21.2 Å². The highest BCUT2D eigenvalue weighted by Crippen LogP contribution is 2.10. The predicted octanol–water partition coefficient (Wildman–Crippen LogP) is 1.49. The number of amides is 2.